The van der Waals surface area contributed by atoms with Gasteiger partial charge in [-0.2, -0.15) is 5.10 Å². The normalized spacial score (nSPS) is 16.0. The van der Waals surface area contributed by atoms with Gasteiger partial charge in [0.15, 0.2) is 17.4 Å². The molecular weight excluding hydrogens is 470 g/mol. The Morgan fingerprint density at radius 3 is 2.61 bits per heavy atom. The van der Waals surface area contributed by atoms with Gasteiger partial charge < -0.3 is 19.3 Å². The summed E-state index contributed by atoms with van der Waals surface area (Å²) in [6.45, 7) is 3.73. The molecule has 0 bridgehead atoms. The molecule has 0 unspecified atom stereocenters. The number of anilines is 1. The summed E-state index contributed by atoms with van der Waals surface area (Å²) in [7, 11) is 1.56. The van der Waals surface area contributed by atoms with E-state index in [9.17, 15) is 13.6 Å². The topological polar surface area (TPSA) is 93.6 Å². The van der Waals surface area contributed by atoms with Crippen LogP contribution in [-0.2, 0) is 17.8 Å². The molecule has 2 aromatic heterocycles. The van der Waals surface area contributed by atoms with Crippen LogP contribution < -0.4 is 14.4 Å². The molecule has 4 heterocycles. The number of nitrogens with zero attached hydrogens (tertiary/aromatic N) is 6. The van der Waals surface area contributed by atoms with Crippen molar-refractivity contribution in [3.8, 4) is 22.9 Å². The molecule has 0 atom stereocenters. The second-order valence-corrected chi connectivity index (χ2v) is 8.84. The van der Waals surface area contributed by atoms with Crippen LogP contribution >= 0.6 is 0 Å². The van der Waals surface area contributed by atoms with E-state index in [2.05, 4.69) is 15.1 Å². The highest BCUT2D eigenvalue weighted by molar-refractivity contribution is 5.74. The van der Waals surface area contributed by atoms with Gasteiger partial charge in [-0.05, 0) is 12.1 Å². The molecular formula is C25H26F2N6O3. The average molecular weight is 497 g/mol. The van der Waals surface area contributed by atoms with Crippen molar-refractivity contribution in [3.05, 3.63) is 53.5 Å². The number of hydrogen-bond donors (Lipinski definition) is 0. The van der Waals surface area contributed by atoms with Gasteiger partial charge >= 0.3 is 0 Å². The Labute approximate surface area is 207 Å². The van der Waals surface area contributed by atoms with E-state index in [0.717, 1.165) is 17.5 Å². The summed E-state index contributed by atoms with van der Waals surface area (Å²) in [5.74, 6) is -0.0836. The Morgan fingerprint density at radius 2 is 1.89 bits per heavy atom. The zero-order chi connectivity index (χ0) is 25.2. The largest absolute Gasteiger partial charge is 0.495 e. The van der Waals surface area contributed by atoms with E-state index in [0.29, 0.717) is 68.4 Å². The summed E-state index contributed by atoms with van der Waals surface area (Å²) < 4.78 is 38.4. The van der Waals surface area contributed by atoms with Crippen LogP contribution in [-0.4, -0.2) is 63.8 Å². The predicted molar refractivity (Wildman–Crippen MR) is 127 cm³/mol. The number of halogens is 2. The lowest BCUT2D eigenvalue weighted by Gasteiger charge is -2.35. The summed E-state index contributed by atoms with van der Waals surface area (Å²) in [6, 6.07) is 5.08. The van der Waals surface area contributed by atoms with Gasteiger partial charge in [0.25, 0.3) is 0 Å². The molecule has 0 radical (unpaired) electrons. The molecule has 0 aliphatic carbocycles. The van der Waals surface area contributed by atoms with Crippen molar-refractivity contribution < 1.29 is 23.0 Å². The van der Waals surface area contributed by atoms with Crippen molar-refractivity contribution in [2.24, 2.45) is 0 Å². The summed E-state index contributed by atoms with van der Waals surface area (Å²) in [6.07, 6.45) is 3.16. The number of aromatic nitrogens is 4. The monoisotopic (exact) mass is 496 g/mol. The van der Waals surface area contributed by atoms with E-state index in [1.165, 1.54) is 18.3 Å². The van der Waals surface area contributed by atoms with Gasteiger partial charge in [0.2, 0.25) is 5.91 Å². The van der Waals surface area contributed by atoms with E-state index in [1.807, 2.05) is 0 Å². The van der Waals surface area contributed by atoms with E-state index in [-0.39, 0.29) is 17.8 Å². The summed E-state index contributed by atoms with van der Waals surface area (Å²) in [5.41, 5.74) is 2.68. The first-order chi connectivity index (χ1) is 17.4. The molecule has 1 saturated heterocycles. The number of ether oxygens (including phenoxy) is 2. The van der Waals surface area contributed by atoms with E-state index in [4.69, 9.17) is 19.4 Å². The molecule has 1 aromatic carbocycles. The number of benzene rings is 1. The molecule has 5 rings (SSSR count). The number of fused-ring (bicyclic) bond motifs is 1. The van der Waals surface area contributed by atoms with Crippen molar-refractivity contribution in [2.75, 3.05) is 31.6 Å². The molecule has 0 saturated carbocycles. The lowest BCUT2D eigenvalue weighted by molar-refractivity contribution is -0.129. The van der Waals surface area contributed by atoms with Crippen LogP contribution in [0.4, 0.5) is 14.6 Å². The van der Waals surface area contributed by atoms with E-state index in [1.54, 1.807) is 25.0 Å². The fourth-order valence-corrected chi connectivity index (χ4v) is 4.50. The third kappa shape index (κ3) is 4.91. The van der Waals surface area contributed by atoms with Crippen molar-refractivity contribution in [1.82, 2.24) is 25.1 Å². The molecule has 0 N–H and O–H groups in total. The molecule has 2 aliphatic heterocycles. The maximum Gasteiger partial charge on any atom is 0.219 e. The minimum Gasteiger partial charge on any atom is -0.495 e. The fraction of sp³-hybridized carbons (Fsp3) is 0.400. The van der Waals surface area contributed by atoms with E-state index >= 15 is 0 Å². The Morgan fingerprint density at radius 1 is 1.08 bits per heavy atom. The van der Waals surface area contributed by atoms with Crippen LogP contribution in [0.1, 0.15) is 31.2 Å². The molecule has 1 fully saturated rings. The van der Waals surface area contributed by atoms with Gasteiger partial charge in [-0.25, -0.2) is 18.7 Å². The van der Waals surface area contributed by atoms with Crippen LogP contribution in [0.15, 0.2) is 30.5 Å². The van der Waals surface area contributed by atoms with Crippen LogP contribution in [0.5, 0.6) is 11.5 Å². The molecule has 36 heavy (non-hydrogen) atoms. The van der Waals surface area contributed by atoms with E-state index < -0.39 is 11.6 Å². The summed E-state index contributed by atoms with van der Waals surface area (Å²) in [5, 5.41) is 8.31. The molecule has 3 aromatic rings. The number of piperidine rings is 1. The Balaban J connectivity index is 1.41. The second kappa shape index (κ2) is 10.00. The standard InChI is InChI=1S/C25H26F2N6O3/c1-15(34)33-10-7-20-22(14-33)29-24(21-12-18(35-2)13-28-31-21)25(30-20)32-8-5-17(6-9-32)36-23-4-3-16(26)11-19(23)27/h3-4,11-13,17H,5-10,14H2,1-2H3. The summed E-state index contributed by atoms with van der Waals surface area (Å²) in [4.78, 5) is 25.7. The molecule has 2 aliphatic rings. The number of carbonyl (C=O) groups is 1. The predicted octanol–water partition coefficient (Wildman–Crippen LogP) is 3.17. The lowest BCUT2D eigenvalue weighted by Crippen LogP contribution is -2.40. The third-order valence-electron chi connectivity index (χ3n) is 6.47. The van der Waals surface area contributed by atoms with Crippen molar-refractivity contribution in [3.63, 3.8) is 0 Å². The van der Waals surface area contributed by atoms with Gasteiger partial charge in [-0.1, -0.05) is 0 Å². The molecule has 188 valence electrons. The van der Waals surface area contributed by atoms with Crippen LogP contribution in [0.2, 0.25) is 0 Å². The number of carbonyl (C=O) groups excluding carboxylic acids is 1. The van der Waals surface area contributed by atoms with Gasteiger partial charge in [0.05, 0.1) is 31.2 Å². The maximum atomic E-state index is 14.0. The Kier molecular flexibility index (Phi) is 6.62. The van der Waals surface area contributed by atoms with Crippen molar-refractivity contribution in [2.45, 2.75) is 38.8 Å². The molecule has 11 heteroatoms. The first-order valence-electron chi connectivity index (χ1n) is 11.8. The van der Waals surface area contributed by atoms with Gasteiger partial charge in [0, 0.05) is 58.0 Å². The highest BCUT2D eigenvalue weighted by atomic mass is 19.1. The van der Waals surface area contributed by atoms with Crippen LogP contribution in [0.25, 0.3) is 11.4 Å². The van der Waals surface area contributed by atoms with Crippen LogP contribution in [0, 0.1) is 11.6 Å². The van der Waals surface area contributed by atoms with Crippen molar-refractivity contribution in [1.29, 1.82) is 0 Å². The lowest BCUT2D eigenvalue weighted by atomic mass is 10.1. The molecule has 9 nitrogen and oxygen atoms in total. The Hall–Kier alpha value is -3.89. The minimum absolute atomic E-state index is 0.00564. The first kappa shape index (κ1) is 23.8. The number of hydrogen-bond acceptors (Lipinski definition) is 8. The van der Waals surface area contributed by atoms with Crippen molar-refractivity contribution >= 4 is 11.7 Å². The SMILES string of the molecule is COc1cnnc(-c2nc3c(nc2N2CCC(Oc4ccc(F)cc4F)CC2)CCN(C(C)=O)C3)c1. The quantitative estimate of drug-likeness (QED) is 0.532. The number of amides is 1. The highest BCUT2D eigenvalue weighted by Crippen LogP contribution is 2.33. The van der Waals surface area contributed by atoms with Gasteiger partial charge in [0.1, 0.15) is 29.1 Å². The van der Waals surface area contributed by atoms with Gasteiger partial charge in [-0.15, -0.1) is 5.10 Å². The fourth-order valence-electron chi connectivity index (χ4n) is 4.50. The Bertz CT molecular complexity index is 1280. The molecule has 1 amide bonds. The van der Waals surface area contributed by atoms with Gasteiger partial charge in [-0.3, -0.25) is 4.79 Å². The summed E-state index contributed by atoms with van der Waals surface area (Å²) >= 11 is 0. The zero-order valence-corrected chi connectivity index (χ0v) is 20.1. The number of methoxy groups -OCH3 is 1. The smallest absolute Gasteiger partial charge is 0.219 e. The first-order valence-corrected chi connectivity index (χ1v) is 11.8. The zero-order valence-electron chi connectivity index (χ0n) is 20.1. The van der Waals surface area contributed by atoms with Crippen LogP contribution in [0.3, 0.4) is 0 Å². The third-order valence-corrected chi connectivity index (χ3v) is 6.47. The molecule has 0 spiro atoms. The number of rotatable bonds is 5. The minimum atomic E-state index is -0.712. The average Bonchev–Trinajstić information content (AvgIpc) is 2.89. The maximum absolute atomic E-state index is 14.0. The second-order valence-electron chi connectivity index (χ2n) is 8.84. The highest BCUT2D eigenvalue weighted by Gasteiger charge is 2.29.